The Labute approximate surface area is 77.3 Å². The summed E-state index contributed by atoms with van der Waals surface area (Å²) >= 11 is 0. The van der Waals surface area contributed by atoms with Crippen LogP contribution in [-0.4, -0.2) is 26.4 Å². The van der Waals surface area contributed by atoms with E-state index in [4.69, 9.17) is 9.63 Å². The fraction of sp³-hybridized carbons (Fsp3) is 0.143. The molecule has 2 aromatic heterocycles. The standard InChI is InChI=1S/C7H5N3O4/c11-6(12)3-5-8-7(14-10-5)4-1-2-13-9-4/h1-2H,3H2,(H,11,12). The van der Waals surface area contributed by atoms with Gasteiger partial charge in [-0.15, -0.1) is 0 Å². The van der Waals surface area contributed by atoms with Crippen LogP contribution in [0.2, 0.25) is 0 Å². The molecule has 1 N–H and O–H groups in total. The molecule has 0 saturated heterocycles. The van der Waals surface area contributed by atoms with Crippen LogP contribution in [0.5, 0.6) is 0 Å². The van der Waals surface area contributed by atoms with Crippen molar-refractivity contribution >= 4 is 5.97 Å². The Morgan fingerprint density at radius 3 is 3.00 bits per heavy atom. The van der Waals surface area contributed by atoms with E-state index in [1.54, 1.807) is 0 Å². The summed E-state index contributed by atoms with van der Waals surface area (Å²) in [5.74, 6) is -0.761. The van der Waals surface area contributed by atoms with Crippen LogP contribution in [0.15, 0.2) is 21.4 Å². The van der Waals surface area contributed by atoms with E-state index in [2.05, 4.69) is 19.8 Å². The van der Waals surface area contributed by atoms with Crippen LogP contribution in [0, 0.1) is 0 Å². The summed E-state index contributed by atoms with van der Waals surface area (Å²) in [5, 5.41) is 15.5. The summed E-state index contributed by atoms with van der Waals surface area (Å²) in [5.41, 5.74) is 0.383. The van der Waals surface area contributed by atoms with E-state index in [1.807, 2.05) is 0 Å². The molecule has 2 aromatic rings. The maximum atomic E-state index is 10.3. The number of hydrogen-bond donors (Lipinski definition) is 1. The highest BCUT2D eigenvalue weighted by molar-refractivity contribution is 5.69. The molecule has 72 valence electrons. The third-order valence-electron chi connectivity index (χ3n) is 1.43. The third-order valence-corrected chi connectivity index (χ3v) is 1.43. The zero-order valence-electron chi connectivity index (χ0n) is 6.88. The maximum Gasteiger partial charge on any atom is 0.311 e. The van der Waals surface area contributed by atoms with E-state index >= 15 is 0 Å². The van der Waals surface area contributed by atoms with Crippen molar-refractivity contribution in [1.82, 2.24) is 15.3 Å². The number of aromatic nitrogens is 3. The van der Waals surface area contributed by atoms with Crippen molar-refractivity contribution in [2.75, 3.05) is 0 Å². The van der Waals surface area contributed by atoms with E-state index < -0.39 is 5.97 Å². The van der Waals surface area contributed by atoms with Gasteiger partial charge in [0.15, 0.2) is 11.5 Å². The number of carboxylic acid groups (broad SMARTS) is 1. The molecule has 0 fully saturated rings. The molecule has 0 bridgehead atoms. The molecule has 0 saturated carbocycles. The Bertz CT molecular complexity index is 433. The molecule has 7 nitrogen and oxygen atoms in total. The zero-order valence-corrected chi connectivity index (χ0v) is 6.88. The van der Waals surface area contributed by atoms with Crippen molar-refractivity contribution < 1.29 is 18.9 Å². The Morgan fingerprint density at radius 2 is 2.36 bits per heavy atom. The molecule has 0 aliphatic carbocycles. The second-order valence-electron chi connectivity index (χ2n) is 2.47. The fourth-order valence-corrected chi connectivity index (χ4v) is 0.888. The summed E-state index contributed by atoms with van der Waals surface area (Å²) in [6, 6.07) is 1.54. The van der Waals surface area contributed by atoms with Crippen LogP contribution in [0.4, 0.5) is 0 Å². The summed E-state index contributed by atoms with van der Waals surface area (Å²) in [4.78, 5) is 14.1. The van der Waals surface area contributed by atoms with Gasteiger partial charge >= 0.3 is 5.97 Å². The van der Waals surface area contributed by atoms with Crippen LogP contribution in [0.3, 0.4) is 0 Å². The van der Waals surface area contributed by atoms with Gasteiger partial charge in [-0.25, -0.2) is 0 Å². The third kappa shape index (κ3) is 1.60. The average molecular weight is 195 g/mol. The van der Waals surface area contributed by atoms with Crippen LogP contribution in [-0.2, 0) is 11.2 Å². The smallest absolute Gasteiger partial charge is 0.311 e. The van der Waals surface area contributed by atoms with E-state index in [0.29, 0.717) is 5.69 Å². The van der Waals surface area contributed by atoms with Gasteiger partial charge in [0.05, 0.1) is 0 Å². The zero-order chi connectivity index (χ0) is 9.97. The molecule has 0 aromatic carbocycles. The predicted octanol–water partition coefficient (Wildman–Crippen LogP) is 0.352. The first-order valence-electron chi connectivity index (χ1n) is 3.71. The van der Waals surface area contributed by atoms with E-state index in [1.165, 1.54) is 12.3 Å². The summed E-state index contributed by atoms with van der Waals surface area (Å²) in [7, 11) is 0. The molecule has 0 aliphatic rings. The highest BCUT2D eigenvalue weighted by Crippen LogP contribution is 2.13. The number of hydrogen-bond acceptors (Lipinski definition) is 6. The minimum Gasteiger partial charge on any atom is -0.481 e. The van der Waals surface area contributed by atoms with Crippen molar-refractivity contribution in [1.29, 1.82) is 0 Å². The van der Waals surface area contributed by atoms with Crippen molar-refractivity contribution in [3.63, 3.8) is 0 Å². The van der Waals surface area contributed by atoms with Crippen LogP contribution < -0.4 is 0 Å². The van der Waals surface area contributed by atoms with Gasteiger partial charge < -0.3 is 14.2 Å². The Morgan fingerprint density at radius 1 is 1.50 bits per heavy atom. The van der Waals surface area contributed by atoms with Gasteiger partial charge in [0, 0.05) is 6.07 Å². The number of rotatable bonds is 3. The van der Waals surface area contributed by atoms with E-state index in [0.717, 1.165) is 0 Å². The Hall–Kier alpha value is -2.18. The second-order valence-corrected chi connectivity index (χ2v) is 2.47. The molecule has 0 radical (unpaired) electrons. The SMILES string of the molecule is O=C(O)Cc1noc(-c2ccon2)n1. The largest absolute Gasteiger partial charge is 0.481 e. The molecule has 0 atom stereocenters. The summed E-state index contributed by atoms with van der Waals surface area (Å²) < 4.78 is 9.33. The molecule has 0 spiro atoms. The van der Waals surface area contributed by atoms with Gasteiger partial charge in [-0.1, -0.05) is 10.3 Å². The normalized spacial score (nSPS) is 10.3. The lowest BCUT2D eigenvalue weighted by molar-refractivity contribution is -0.136. The highest BCUT2D eigenvalue weighted by Gasteiger charge is 2.13. The molecule has 0 unspecified atom stereocenters. The van der Waals surface area contributed by atoms with Crippen LogP contribution >= 0.6 is 0 Å². The second kappa shape index (κ2) is 3.29. The quantitative estimate of drug-likeness (QED) is 0.753. The number of carbonyl (C=O) groups is 1. The average Bonchev–Trinajstić information content (AvgIpc) is 2.69. The summed E-state index contributed by atoms with van der Waals surface area (Å²) in [6.07, 6.45) is 1.08. The van der Waals surface area contributed by atoms with E-state index in [-0.39, 0.29) is 18.1 Å². The molecule has 7 heteroatoms. The highest BCUT2D eigenvalue weighted by atomic mass is 16.5. The van der Waals surface area contributed by atoms with Crippen molar-refractivity contribution in [2.24, 2.45) is 0 Å². The summed E-state index contributed by atoms with van der Waals surface area (Å²) in [6.45, 7) is 0. The molecular formula is C7H5N3O4. The maximum absolute atomic E-state index is 10.3. The van der Waals surface area contributed by atoms with Crippen molar-refractivity contribution in [2.45, 2.75) is 6.42 Å². The first kappa shape index (κ1) is 8.42. The molecule has 2 rings (SSSR count). The first-order chi connectivity index (χ1) is 6.75. The molecule has 0 aliphatic heterocycles. The minimum atomic E-state index is -1.02. The van der Waals surface area contributed by atoms with Crippen molar-refractivity contribution in [3.05, 3.63) is 18.2 Å². The van der Waals surface area contributed by atoms with Gasteiger partial charge in [-0.05, 0) is 0 Å². The molecule has 2 heterocycles. The molecule has 0 amide bonds. The molecule has 14 heavy (non-hydrogen) atoms. The fourth-order valence-electron chi connectivity index (χ4n) is 0.888. The monoisotopic (exact) mass is 195 g/mol. The van der Waals surface area contributed by atoms with Crippen LogP contribution in [0.1, 0.15) is 5.82 Å². The number of nitrogens with zero attached hydrogens (tertiary/aromatic N) is 3. The van der Waals surface area contributed by atoms with Gasteiger partial charge in [0.2, 0.25) is 0 Å². The van der Waals surface area contributed by atoms with E-state index in [9.17, 15) is 4.79 Å². The van der Waals surface area contributed by atoms with Crippen LogP contribution in [0.25, 0.3) is 11.6 Å². The van der Waals surface area contributed by atoms with Gasteiger partial charge in [0.1, 0.15) is 12.7 Å². The lowest BCUT2D eigenvalue weighted by Gasteiger charge is -1.82. The lowest BCUT2D eigenvalue weighted by Crippen LogP contribution is -2.01. The van der Waals surface area contributed by atoms with Crippen molar-refractivity contribution in [3.8, 4) is 11.6 Å². The Kier molecular flexibility index (Phi) is 1.98. The lowest BCUT2D eigenvalue weighted by atomic mass is 10.4. The minimum absolute atomic E-state index is 0.107. The molecular weight excluding hydrogens is 190 g/mol. The Balaban J connectivity index is 2.22. The first-order valence-corrected chi connectivity index (χ1v) is 3.71. The topological polar surface area (TPSA) is 102 Å². The number of carboxylic acids is 1. The van der Waals surface area contributed by atoms with Gasteiger partial charge in [-0.2, -0.15) is 4.98 Å². The van der Waals surface area contributed by atoms with Gasteiger partial charge in [-0.3, -0.25) is 4.79 Å². The predicted molar refractivity (Wildman–Crippen MR) is 41.1 cm³/mol. The number of aliphatic carboxylic acids is 1. The van der Waals surface area contributed by atoms with Gasteiger partial charge in [0.25, 0.3) is 5.89 Å².